The van der Waals surface area contributed by atoms with Gasteiger partial charge in [-0.3, -0.25) is 0 Å². The number of anilines is 1. The Morgan fingerprint density at radius 1 is 1.27 bits per heavy atom. The van der Waals surface area contributed by atoms with Crippen LogP contribution in [0.15, 0.2) is 65.7 Å². The van der Waals surface area contributed by atoms with Gasteiger partial charge in [0.15, 0.2) is 0 Å². The molecule has 0 radical (unpaired) electrons. The summed E-state index contributed by atoms with van der Waals surface area (Å²) in [6.07, 6.45) is 1.73. The molecule has 114 valence electrons. The van der Waals surface area contributed by atoms with Gasteiger partial charge in [0.1, 0.15) is 0 Å². The molecule has 3 nitrogen and oxygen atoms in total. The van der Waals surface area contributed by atoms with Crippen LogP contribution in [0.25, 0.3) is 0 Å². The number of rotatable bonds is 5. The molecular formula is C18H19BrN2O. The maximum atomic E-state index is 12.5. The minimum atomic E-state index is -0.134. The number of nitrogens with one attached hydrogen (secondary N) is 1. The third-order valence-electron chi connectivity index (χ3n) is 3.29. The highest BCUT2D eigenvalue weighted by molar-refractivity contribution is 9.10. The molecule has 0 saturated carbocycles. The van der Waals surface area contributed by atoms with Crippen LogP contribution in [0.3, 0.4) is 0 Å². The fourth-order valence-electron chi connectivity index (χ4n) is 2.10. The van der Waals surface area contributed by atoms with Crippen LogP contribution < -0.4 is 5.32 Å². The molecule has 0 fully saturated rings. The fraction of sp³-hybridized carbons (Fsp3) is 0.167. The molecule has 2 aromatic carbocycles. The van der Waals surface area contributed by atoms with Gasteiger partial charge in [-0.2, -0.15) is 0 Å². The Balaban J connectivity index is 2.12. The maximum absolute atomic E-state index is 12.5. The summed E-state index contributed by atoms with van der Waals surface area (Å²) >= 11 is 3.43. The van der Waals surface area contributed by atoms with Crippen molar-refractivity contribution in [3.8, 4) is 0 Å². The van der Waals surface area contributed by atoms with Crippen LogP contribution in [-0.4, -0.2) is 17.5 Å². The first-order valence-corrected chi connectivity index (χ1v) is 7.86. The van der Waals surface area contributed by atoms with Crippen molar-refractivity contribution in [1.82, 2.24) is 4.90 Å². The van der Waals surface area contributed by atoms with Gasteiger partial charge >= 0.3 is 6.03 Å². The number of carbonyl (C=O) groups is 1. The lowest BCUT2D eigenvalue weighted by atomic mass is 10.2. The monoisotopic (exact) mass is 358 g/mol. The average Bonchev–Trinajstić information content (AvgIpc) is 2.51. The Bertz CT molecular complexity index is 655. The Labute approximate surface area is 139 Å². The van der Waals surface area contributed by atoms with Gasteiger partial charge < -0.3 is 10.2 Å². The topological polar surface area (TPSA) is 32.3 Å². The van der Waals surface area contributed by atoms with Crippen LogP contribution in [-0.2, 0) is 6.54 Å². The Morgan fingerprint density at radius 3 is 2.68 bits per heavy atom. The third kappa shape index (κ3) is 4.46. The van der Waals surface area contributed by atoms with Crippen molar-refractivity contribution in [2.24, 2.45) is 0 Å². The summed E-state index contributed by atoms with van der Waals surface area (Å²) in [5.41, 5.74) is 2.92. The first-order valence-electron chi connectivity index (χ1n) is 7.07. The smallest absolute Gasteiger partial charge is 0.316 e. The molecule has 2 aromatic rings. The molecule has 0 aliphatic rings. The van der Waals surface area contributed by atoms with E-state index in [-0.39, 0.29) is 6.03 Å². The van der Waals surface area contributed by atoms with E-state index in [1.54, 1.807) is 11.0 Å². The van der Waals surface area contributed by atoms with Gasteiger partial charge in [0.25, 0.3) is 0 Å². The molecule has 0 saturated heterocycles. The molecule has 2 rings (SSSR count). The Morgan fingerprint density at radius 2 is 2.00 bits per heavy atom. The minimum Gasteiger partial charge on any atom is -0.316 e. The standard InChI is InChI=1S/C18H19BrN2O/c1-3-11-21(13-15-7-5-4-6-8-15)18(22)20-17-12-16(19)10-9-14(17)2/h3-10,12H,1,11,13H2,2H3,(H,20,22). The van der Waals surface area contributed by atoms with Crippen molar-refractivity contribution in [3.63, 3.8) is 0 Å². The van der Waals surface area contributed by atoms with Crippen LogP contribution in [0, 0.1) is 6.92 Å². The molecule has 0 heterocycles. The molecule has 2 amide bonds. The number of hydrogen-bond donors (Lipinski definition) is 1. The lowest BCUT2D eigenvalue weighted by Crippen LogP contribution is -2.34. The number of urea groups is 1. The van der Waals surface area contributed by atoms with E-state index in [4.69, 9.17) is 0 Å². The molecule has 0 aromatic heterocycles. The van der Waals surface area contributed by atoms with E-state index >= 15 is 0 Å². The zero-order chi connectivity index (χ0) is 15.9. The summed E-state index contributed by atoms with van der Waals surface area (Å²) in [5, 5.41) is 2.97. The summed E-state index contributed by atoms with van der Waals surface area (Å²) in [7, 11) is 0. The minimum absolute atomic E-state index is 0.134. The molecule has 0 aliphatic heterocycles. The van der Waals surface area contributed by atoms with Gasteiger partial charge in [0.05, 0.1) is 0 Å². The molecule has 0 spiro atoms. The first kappa shape index (κ1) is 16.3. The van der Waals surface area contributed by atoms with Crippen molar-refractivity contribution >= 4 is 27.6 Å². The van der Waals surface area contributed by atoms with Gasteiger partial charge in [-0.1, -0.05) is 58.4 Å². The Kier molecular flexibility index (Phi) is 5.78. The van der Waals surface area contributed by atoms with Crippen LogP contribution >= 0.6 is 15.9 Å². The van der Waals surface area contributed by atoms with Crippen LogP contribution in [0.2, 0.25) is 0 Å². The number of nitrogens with zero attached hydrogens (tertiary/aromatic N) is 1. The number of benzene rings is 2. The fourth-order valence-corrected chi connectivity index (χ4v) is 2.46. The van der Waals surface area contributed by atoms with E-state index in [0.29, 0.717) is 13.1 Å². The van der Waals surface area contributed by atoms with E-state index in [9.17, 15) is 4.79 Å². The number of hydrogen-bond acceptors (Lipinski definition) is 1. The SMILES string of the molecule is C=CCN(Cc1ccccc1)C(=O)Nc1cc(Br)ccc1C. The number of aryl methyl sites for hydroxylation is 1. The first-order chi connectivity index (χ1) is 10.6. The van der Waals surface area contributed by atoms with Crippen LogP contribution in [0.1, 0.15) is 11.1 Å². The summed E-state index contributed by atoms with van der Waals surface area (Å²) in [6, 6.07) is 15.6. The highest BCUT2D eigenvalue weighted by Gasteiger charge is 2.13. The predicted molar refractivity (Wildman–Crippen MR) is 94.9 cm³/mol. The second-order valence-corrected chi connectivity index (χ2v) is 5.96. The molecule has 1 N–H and O–H groups in total. The van der Waals surface area contributed by atoms with E-state index in [2.05, 4.69) is 27.8 Å². The van der Waals surface area contributed by atoms with E-state index in [0.717, 1.165) is 21.3 Å². The highest BCUT2D eigenvalue weighted by Crippen LogP contribution is 2.21. The normalized spacial score (nSPS) is 10.1. The molecule has 0 bridgehead atoms. The summed E-state index contributed by atoms with van der Waals surface area (Å²) in [6.45, 7) is 6.74. The van der Waals surface area contributed by atoms with Crippen molar-refractivity contribution < 1.29 is 4.79 Å². The molecular weight excluding hydrogens is 340 g/mol. The summed E-state index contributed by atoms with van der Waals surface area (Å²) < 4.78 is 0.937. The average molecular weight is 359 g/mol. The van der Waals surface area contributed by atoms with E-state index < -0.39 is 0 Å². The van der Waals surface area contributed by atoms with Crippen molar-refractivity contribution in [2.45, 2.75) is 13.5 Å². The lowest BCUT2D eigenvalue weighted by Gasteiger charge is -2.22. The second kappa shape index (κ2) is 7.80. The van der Waals surface area contributed by atoms with Crippen molar-refractivity contribution in [2.75, 3.05) is 11.9 Å². The van der Waals surface area contributed by atoms with Crippen molar-refractivity contribution in [1.29, 1.82) is 0 Å². The van der Waals surface area contributed by atoms with Gasteiger partial charge in [0.2, 0.25) is 0 Å². The van der Waals surface area contributed by atoms with Crippen LogP contribution in [0.5, 0.6) is 0 Å². The van der Waals surface area contributed by atoms with Gasteiger partial charge in [-0.15, -0.1) is 6.58 Å². The number of amides is 2. The van der Waals surface area contributed by atoms with Gasteiger partial charge in [-0.05, 0) is 30.2 Å². The largest absolute Gasteiger partial charge is 0.322 e. The van der Waals surface area contributed by atoms with Gasteiger partial charge in [-0.25, -0.2) is 4.79 Å². The van der Waals surface area contributed by atoms with E-state index in [1.165, 1.54) is 0 Å². The molecule has 22 heavy (non-hydrogen) atoms. The highest BCUT2D eigenvalue weighted by atomic mass is 79.9. The van der Waals surface area contributed by atoms with Gasteiger partial charge in [0, 0.05) is 23.2 Å². The molecule has 0 aliphatic carbocycles. The number of halogens is 1. The molecule has 0 atom stereocenters. The summed E-state index contributed by atoms with van der Waals surface area (Å²) in [4.78, 5) is 14.2. The quantitative estimate of drug-likeness (QED) is 0.751. The zero-order valence-electron chi connectivity index (χ0n) is 12.6. The van der Waals surface area contributed by atoms with Crippen LogP contribution in [0.4, 0.5) is 10.5 Å². The predicted octanol–water partition coefficient (Wildman–Crippen LogP) is 4.98. The second-order valence-electron chi connectivity index (χ2n) is 5.04. The molecule has 4 heteroatoms. The Hall–Kier alpha value is -2.07. The summed E-state index contributed by atoms with van der Waals surface area (Å²) in [5.74, 6) is 0. The zero-order valence-corrected chi connectivity index (χ0v) is 14.1. The maximum Gasteiger partial charge on any atom is 0.322 e. The lowest BCUT2D eigenvalue weighted by molar-refractivity contribution is 0.215. The van der Waals surface area contributed by atoms with Crippen molar-refractivity contribution in [3.05, 3.63) is 76.8 Å². The third-order valence-corrected chi connectivity index (χ3v) is 3.79. The number of carbonyl (C=O) groups excluding carboxylic acids is 1. The van der Waals surface area contributed by atoms with E-state index in [1.807, 2.05) is 55.5 Å². The molecule has 0 unspecified atom stereocenters.